The van der Waals surface area contributed by atoms with Crippen LogP contribution in [0.2, 0.25) is 5.02 Å². The molecule has 2 N–H and O–H groups in total. The van der Waals surface area contributed by atoms with E-state index in [0.717, 1.165) is 23.4 Å². The van der Waals surface area contributed by atoms with Crippen LogP contribution in [0.4, 0.5) is 5.95 Å². The largest absolute Gasteiger partial charge is 0.354 e. The molecule has 0 spiro atoms. The number of nitrogens with one attached hydrogen (secondary N) is 2. The van der Waals surface area contributed by atoms with E-state index in [4.69, 9.17) is 11.6 Å². The Balaban J connectivity index is 1.84. The minimum Gasteiger partial charge on any atom is -0.354 e. The van der Waals surface area contributed by atoms with Gasteiger partial charge in [-0.05, 0) is 37.5 Å². The summed E-state index contributed by atoms with van der Waals surface area (Å²) in [5.41, 5.74) is 1.61. The third kappa shape index (κ3) is 5.53. The molecule has 1 heterocycles. The number of benzene rings is 1. The van der Waals surface area contributed by atoms with E-state index in [1.165, 1.54) is 12.4 Å². The number of anilines is 1. The van der Waals surface area contributed by atoms with Crippen molar-refractivity contribution in [2.75, 3.05) is 11.9 Å². The molecule has 2 aromatic rings. The molecule has 1 atom stereocenters. The number of aromatic nitrogens is 2. The van der Waals surface area contributed by atoms with Crippen LogP contribution in [-0.4, -0.2) is 28.5 Å². The third-order valence-electron chi connectivity index (χ3n) is 3.49. The fourth-order valence-electron chi connectivity index (χ4n) is 1.96. The van der Waals surface area contributed by atoms with Crippen LogP contribution in [0.5, 0.6) is 0 Å². The summed E-state index contributed by atoms with van der Waals surface area (Å²) in [6, 6.07) is 7.88. The topological polar surface area (TPSA) is 66.9 Å². The number of halogens is 1. The van der Waals surface area contributed by atoms with Crippen LogP contribution >= 0.6 is 11.6 Å². The van der Waals surface area contributed by atoms with Gasteiger partial charge in [0.2, 0.25) is 5.95 Å². The predicted molar refractivity (Wildman–Crippen MR) is 92.9 cm³/mol. The Hall–Kier alpha value is -2.14. The first-order valence-electron chi connectivity index (χ1n) is 7.69. The molecule has 23 heavy (non-hydrogen) atoms. The van der Waals surface area contributed by atoms with Gasteiger partial charge < -0.3 is 10.6 Å². The molecule has 0 aliphatic rings. The summed E-state index contributed by atoms with van der Waals surface area (Å²) in [4.78, 5) is 20.3. The van der Waals surface area contributed by atoms with Gasteiger partial charge in [0, 0.05) is 30.0 Å². The van der Waals surface area contributed by atoms with E-state index in [9.17, 15) is 4.79 Å². The van der Waals surface area contributed by atoms with Crippen LogP contribution in [0.1, 0.15) is 36.2 Å². The Morgan fingerprint density at radius 2 is 2.04 bits per heavy atom. The maximum absolute atomic E-state index is 11.9. The summed E-state index contributed by atoms with van der Waals surface area (Å²) in [6.07, 6.45) is 4.77. The maximum Gasteiger partial charge on any atom is 0.254 e. The average Bonchev–Trinajstić information content (AvgIpc) is 2.55. The lowest BCUT2D eigenvalue weighted by molar-refractivity contribution is 0.0938. The molecule has 1 aromatic heterocycles. The number of hydrogen-bond donors (Lipinski definition) is 2. The van der Waals surface area contributed by atoms with Gasteiger partial charge in [0.05, 0.1) is 5.56 Å². The van der Waals surface area contributed by atoms with Crippen molar-refractivity contribution in [1.29, 1.82) is 0 Å². The minimum absolute atomic E-state index is 0.137. The molecule has 0 aliphatic heterocycles. The van der Waals surface area contributed by atoms with E-state index in [1.54, 1.807) is 0 Å². The molecular weight excluding hydrogens is 312 g/mol. The van der Waals surface area contributed by atoms with Gasteiger partial charge in [-0.15, -0.1) is 0 Å². The normalized spacial score (nSPS) is 11.8. The number of nitrogens with zero attached hydrogens (tertiary/aromatic N) is 2. The summed E-state index contributed by atoms with van der Waals surface area (Å²) in [7, 11) is 0. The van der Waals surface area contributed by atoms with Crippen LogP contribution in [0, 0.1) is 0 Å². The molecule has 0 saturated heterocycles. The Bertz CT molecular complexity index is 645. The van der Waals surface area contributed by atoms with Gasteiger partial charge in [0.25, 0.3) is 5.91 Å². The van der Waals surface area contributed by atoms with Crippen LogP contribution < -0.4 is 10.6 Å². The second-order valence-electron chi connectivity index (χ2n) is 5.38. The van der Waals surface area contributed by atoms with Crippen molar-refractivity contribution in [3.63, 3.8) is 0 Å². The van der Waals surface area contributed by atoms with Crippen LogP contribution in [0.15, 0.2) is 36.7 Å². The molecular formula is C17H21ClN4O. The first kappa shape index (κ1) is 17.2. The molecule has 0 fully saturated rings. The van der Waals surface area contributed by atoms with Crippen LogP contribution in [0.25, 0.3) is 0 Å². The zero-order valence-corrected chi connectivity index (χ0v) is 14.1. The van der Waals surface area contributed by atoms with Crippen LogP contribution in [-0.2, 0) is 6.42 Å². The van der Waals surface area contributed by atoms with E-state index in [-0.39, 0.29) is 11.9 Å². The molecule has 5 nitrogen and oxygen atoms in total. The zero-order chi connectivity index (χ0) is 16.7. The molecule has 2 rings (SSSR count). The van der Waals surface area contributed by atoms with Crippen molar-refractivity contribution < 1.29 is 4.79 Å². The molecule has 0 bridgehead atoms. The Kier molecular flexibility index (Phi) is 6.35. The van der Waals surface area contributed by atoms with E-state index in [1.807, 2.05) is 38.1 Å². The lowest BCUT2D eigenvalue weighted by atomic mass is 10.1. The van der Waals surface area contributed by atoms with Crippen molar-refractivity contribution in [2.45, 2.75) is 32.7 Å². The third-order valence-corrected chi connectivity index (χ3v) is 3.72. The summed E-state index contributed by atoms with van der Waals surface area (Å²) >= 11 is 5.95. The smallest absolute Gasteiger partial charge is 0.254 e. The quantitative estimate of drug-likeness (QED) is 0.816. The van der Waals surface area contributed by atoms with Crippen molar-refractivity contribution in [1.82, 2.24) is 15.3 Å². The van der Waals surface area contributed by atoms with Gasteiger partial charge in [0.1, 0.15) is 0 Å². The first-order valence-corrected chi connectivity index (χ1v) is 8.07. The van der Waals surface area contributed by atoms with Gasteiger partial charge in [-0.25, -0.2) is 9.97 Å². The second-order valence-corrected chi connectivity index (χ2v) is 5.82. The molecule has 6 heteroatoms. The summed E-state index contributed by atoms with van der Waals surface area (Å²) < 4.78 is 0. The molecule has 122 valence electrons. The number of amides is 1. The Morgan fingerprint density at radius 3 is 2.70 bits per heavy atom. The minimum atomic E-state index is -0.148. The molecule has 0 aliphatic carbocycles. The average molecular weight is 333 g/mol. The second kappa shape index (κ2) is 8.48. The summed E-state index contributed by atoms with van der Waals surface area (Å²) in [6.45, 7) is 4.68. The summed E-state index contributed by atoms with van der Waals surface area (Å²) in [5, 5.41) is 6.75. The zero-order valence-electron chi connectivity index (χ0n) is 13.3. The molecule has 0 radical (unpaired) electrons. The van der Waals surface area contributed by atoms with Crippen molar-refractivity contribution >= 4 is 23.5 Å². The first-order chi connectivity index (χ1) is 11.1. The standard InChI is InChI=1S/C17H21ClN4O/c1-3-12(2)22-16(23)14-10-20-17(21-11-14)19-8-7-13-5-4-6-15(18)9-13/h4-6,9-12H,3,7-8H2,1-2H3,(H,22,23)(H,19,20,21). The van der Waals surface area contributed by atoms with Crippen LogP contribution in [0.3, 0.4) is 0 Å². The Morgan fingerprint density at radius 1 is 1.30 bits per heavy atom. The highest BCUT2D eigenvalue weighted by molar-refractivity contribution is 6.30. The number of rotatable bonds is 7. The summed E-state index contributed by atoms with van der Waals surface area (Å²) in [5.74, 6) is 0.358. The van der Waals surface area contributed by atoms with E-state index < -0.39 is 0 Å². The van der Waals surface area contributed by atoms with Gasteiger partial charge in [-0.3, -0.25) is 4.79 Å². The SMILES string of the molecule is CCC(C)NC(=O)c1cnc(NCCc2cccc(Cl)c2)nc1. The monoisotopic (exact) mass is 332 g/mol. The number of carbonyl (C=O) groups excluding carboxylic acids is 1. The van der Waals surface area contributed by atoms with Gasteiger partial charge in [-0.1, -0.05) is 30.7 Å². The molecule has 1 amide bonds. The van der Waals surface area contributed by atoms with Crippen molar-refractivity contribution in [3.8, 4) is 0 Å². The van der Waals surface area contributed by atoms with Crippen molar-refractivity contribution in [2.24, 2.45) is 0 Å². The lowest BCUT2D eigenvalue weighted by Gasteiger charge is -2.11. The maximum atomic E-state index is 11.9. The van der Waals surface area contributed by atoms with E-state index in [0.29, 0.717) is 18.1 Å². The number of carbonyl (C=O) groups is 1. The highest BCUT2D eigenvalue weighted by Gasteiger charge is 2.09. The van der Waals surface area contributed by atoms with Crippen molar-refractivity contribution in [3.05, 3.63) is 52.8 Å². The molecule has 0 saturated carbocycles. The van der Waals surface area contributed by atoms with Gasteiger partial charge in [-0.2, -0.15) is 0 Å². The highest BCUT2D eigenvalue weighted by atomic mass is 35.5. The number of hydrogen-bond acceptors (Lipinski definition) is 4. The van der Waals surface area contributed by atoms with Gasteiger partial charge >= 0.3 is 0 Å². The van der Waals surface area contributed by atoms with Gasteiger partial charge in [0.15, 0.2) is 0 Å². The fourth-order valence-corrected chi connectivity index (χ4v) is 2.17. The highest BCUT2D eigenvalue weighted by Crippen LogP contribution is 2.11. The predicted octanol–water partition coefficient (Wildman–Crippen LogP) is 3.31. The molecule has 1 unspecified atom stereocenters. The molecule has 1 aromatic carbocycles. The van der Waals surface area contributed by atoms with E-state index >= 15 is 0 Å². The Labute approximate surface area is 141 Å². The lowest BCUT2D eigenvalue weighted by Crippen LogP contribution is -2.32. The fraction of sp³-hybridized carbons (Fsp3) is 0.353. The van der Waals surface area contributed by atoms with E-state index in [2.05, 4.69) is 20.6 Å².